The molecule has 272 valence electrons. The van der Waals surface area contributed by atoms with Gasteiger partial charge < -0.3 is 39.4 Å². The fourth-order valence-electron chi connectivity index (χ4n) is 5.27. The molecule has 7 atom stereocenters. The molecule has 1 saturated heterocycles. The number of hydrogen-bond donors (Lipinski definition) is 5. The second kappa shape index (κ2) is 16.2. The zero-order chi connectivity index (χ0) is 36.1. The van der Waals surface area contributed by atoms with E-state index in [1.807, 2.05) is 27.7 Å². The largest absolute Gasteiger partial charge is 0.479 e. The molecule has 0 spiro atoms. The van der Waals surface area contributed by atoms with Gasteiger partial charge in [-0.3, -0.25) is 18.7 Å². The number of esters is 2. The van der Waals surface area contributed by atoms with Gasteiger partial charge in [0, 0.05) is 0 Å². The van der Waals surface area contributed by atoms with Crippen LogP contribution in [0.4, 0.5) is 5.95 Å². The lowest BCUT2D eigenvalue weighted by Crippen LogP contribution is -2.47. The number of carbonyl (C=O) groups excluding carboxylic acids is 2. The fraction of sp³-hybridized carbons (Fsp3) is 0.767. The molecule has 1 fully saturated rings. The molecule has 2 aromatic heterocycles. The molecule has 0 amide bonds. The van der Waals surface area contributed by atoms with Crippen molar-refractivity contribution in [3.05, 3.63) is 6.33 Å². The third kappa shape index (κ3) is 9.83. The van der Waals surface area contributed by atoms with Crippen LogP contribution in [0.2, 0.25) is 0 Å². The van der Waals surface area contributed by atoms with Crippen LogP contribution < -0.4 is 20.6 Å². The van der Waals surface area contributed by atoms with Gasteiger partial charge in [0.2, 0.25) is 11.8 Å². The van der Waals surface area contributed by atoms with Crippen molar-refractivity contribution in [2.24, 2.45) is 11.8 Å². The maximum atomic E-state index is 14.7. The summed E-state index contributed by atoms with van der Waals surface area (Å²) in [5, 5.41) is 28.3. The summed E-state index contributed by atoms with van der Waals surface area (Å²) in [6.07, 6.45) is -3.17. The van der Waals surface area contributed by atoms with E-state index in [4.69, 9.17) is 29.2 Å². The Morgan fingerprint density at radius 1 is 1.02 bits per heavy atom. The Bertz CT molecular complexity index is 1410. The van der Waals surface area contributed by atoms with Crippen molar-refractivity contribution in [1.29, 1.82) is 0 Å². The number of nitrogens with zero attached hydrogens (tertiary/aromatic N) is 4. The van der Waals surface area contributed by atoms with Gasteiger partial charge in [-0.2, -0.15) is 9.97 Å². The Balaban J connectivity index is 1.96. The van der Waals surface area contributed by atoms with E-state index in [-0.39, 0.29) is 47.7 Å². The monoisotopic (exact) mass is 701 g/mol. The SMILES string of the molecule is COc1nc(N)nc2c1ncn2[C@@H]1O[C@H](COP(=O)(N[C@@H](CC(C)C)C(=O)OC(C)C)N[C@H](CC(C)C)C(=O)OC(C)C)C(O)C1(C)O. The number of ether oxygens (including phenoxy) is 4. The van der Waals surface area contributed by atoms with Crippen LogP contribution in [0.25, 0.3) is 11.2 Å². The zero-order valence-corrected chi connectivity index (χ0v) is 30.3. The summed E-state index contributed by atoms with van der Waals surface area (Å²) in [4.78, 5) is 38.8. The molecule has 0 radical (unpaired) electrons. The maximum Gasteiger partial charge on any atom is 0.342 e. The summed E-state index contributed by atoms with van der Waals surface area (Å²) in [6.45, 7) is 15.1. The number of nitrogens with two attached hydrogens (primary N) is 1. The highest BCUT2D eigenvalue weighted by Crippen LogP contribution is 2.45. The Morgan fingerprint density at radius 3 is 2.00 bits per heavy atom. The van der Waals surface area contributed by atoms with Gasteiger partial charge in [-0.25, -0.2) is 15.2 Å². The summed E-state index contributed by atoms with van der Waals surface area (Å²) in [5.74, 6) is -1.37. The molecule has 0 aromatic carbocycles. The number of rotatable bonds is 17. The van der Waals surface area contributed by atoms with Crippen molar-refractivity contribution >= 4 is 36.7 Å². The van der Waals surface area contributed by atoms with Crippen molar-refractivity contribution in [3.8, 4) is 5.88 Å². The summed E-state index contributed by atoms with van der Waals surface area (Å²) in [5.41, 5.74) is 4.34. The lowest BCUT2D eigenvalue weighted by molar-refractivity contribution is -0.150. The summed E-state index contributed by atoms with van der Waals surface area (Å²) in [7, 11) is -2.95. The average molecular weight is 702 g/mol. The molecule has 17 nitrogen and oxygen atoms in total. The van der Waals surface area contributed by atoms with Gasteiger partial charge in [0.25, 0.3) is 0 Å². The summed E-state index contributed by atoms with van der Waals surface area (Å²) >= 11 is 0. The van der Waals surface area contributed by atoms with Crippen LogP contribution in [0.1, 0.15) is 81.4 Å². The van der Waals surface area contributed by atoms with E-state index in [2.05, 4.69) is 25.1 Å². The van der Waals surface area contributed by atoms with Crippen LogP contribution in [0.5, 0.6) is 5.88 Å². The van der Waals surface area contributed by atoms with Crippen molar-refractivity contribution in [1.82, 2.24) is 29.7 Å². The molecule has 2 aromatic rings. The molecule has 6 N–H and O–H groups in total. The third-order valence-electron chi connectivity index (χ3n) is 7.37. The fourth-order valence-corrected chi connectivity index (χ4v) is 7.10. The van der Waals surface area contributed by atoms with Crippen LogP contribution in [-0.2, 0) is 32.9 Å². The first kappa shape index (κ1) is 39.5. The van der Waals surface area contributed by atoms with Gasteiger partial charge in [0.05, 0.1) is 32.3 Å². The van der Waals surface area contributed by atoms with Crippen LogP contribution in [0.15, 0.2) is 6.33 Å². The minimum absolute atomic E-state index is 0.0228. The third-order valence-corrected chi connectivity index (χ3v) is 9.18. The van der Waals surface area contributed by atoms with Gasteiger partial charge in [-0.15, -0.1) is 0 Å². The Labute approximate surface area is 281 Å². The van der Waals surface area contributed by atoms with Gasteiger partial charge >= 0.3 is 19.6 Å². The maximum absolute atomic E-state index is 14.7. The van der Waals surface area contributed by atoms with Gasteiger partial charge in [0.15, 0.2) is 17.4 Å². The summed E-state index contributed by atoms with van der Waals surface area (Å²) in [6, 6.07) is -2.18. The van der Waals surface area contributed by atoms with E-state index in [0.717, 1.165) is 0 Å². The number of aliphatic hydroxyl groups is 2. The number of hydrogen-bond acceptors (Lipinski definition) is 14. The van der Waals surface area contributed by atoms with E-state index in [9.17, 15) is 24.4 Å². The Kier molecular flexibility index (Phi) is 13.3. The van der Waals surface area contributed by atoms with Crippen LogP contribution >= 0.6 is 7.67 Å². The van der Waals surface area contributed by atoms with E-state index in [1.165, 1.54) is 24.9 Å². The molecule has 3 unspecified atom stereocenters. The molecule has 1 aliphatic heterocycles. The molecular weight excluding hydrogens is 649 g/mol. The standard InChI is InChI=1S/C30H52N7O10P/c1-15(2)11-19(26(39)45-17(5)6)35-48(42,36-20(12-16(3)4)27(40)46-18(7)8)44-13-21-23(38)30(9,41)28(47-21)37-14-32-22-24(37)33-29(31)34-25(22)43-10/h14-21,23,28,38,41H,11-13H2,1-10H3,(H2,31,33,34)(H2,35,36,42)/t19-,20+,21-,23?,28-,30?,48?/m1/s1. The number of aliphatic hydroxyl groups excluding tert-OH is 1. The van der Waals surface area contributed by atoms with Crippen molar-refractivity contribution < 1.29 is 47.8 Å². The normalized spacial score (nSPS) is 24.0. The molecule has 0 aliphatic carbocycles. The number of anilines is 1. The van der Waals surface area contributed by atoms with E-state index < -0.39 is 74.5 Å². The number of carbonyl (C=O) groups is 2. The molecule has 0 bridgehead atoms. The number of methoxy groups -OCH3 is 1. The molecule has 18 heteroatoms. The first-order valence-electron chi connectivity index (χ1n) is 16.1. The quantitative estimate of drug-likeness (QED) is 0.118. The zero-order valence-electron chi connectivity index (χ0n) is 29.4. The lowest BCUT2D eigenvalue weighted by Gasteiger charge is -2.31. The molecule has 3 heterocycles. The molecule has 1 aliphatic rings. The molecule has 3 rings (SSSR count). The van der Waals surface area contributed by atoms with Crippen LogP contribution in [0.3, 0.4) is 0 Å². The number of fused-ring (bicyclic) bond motifs is 1. The van der Waals surface area contributed by atoms with E-state index in [1.54, 1.807) is 27.7 Å². The number of imidazole rings is 1. The molecular formula is C30H52N7O10P. The van der Waals surface area contributed by atoms with Crippen molar-refractivity contribution in [3.63, 3.8) is 0 Å². The Morgan fingerprint density at radius 2 is 1.54 bits per heavy atom. The predicted molar refractivity (Wildman–Crippen MR) is 176 cm³/mol. The first-order chi connectivity index (χ1) is 22.3. The summed E-state index contributed by atoms with van der Waals surface area (Å²) < 4.78 is 44.2. The second-order valence-electron chi connectivity index (χ2n) is 13.6. The minimum atomic E-state index is -4.34. The van der Waals surface area contributed by atoms with Crippen molar-refractivity contribution in [2.45, 2.75) is 123 Å². The molecule has 48 heavy (non-hydrogen) atoms. The van der Waals surface area contributed by atoms with Crippen molar-refractivity contribution in [2.75, 3.05) is 19.5 Å². The van der Waals surface area contributed by atoms with Gasteiger partial charge in [0.1, 0.15) is 29.9 Å². The second-order valence-corrected chi connectivity index (χ2v) is 15.4. The molecule has 0 saturated carbocycles. The van der Waals surface area contributed by atoms with E-state index in [0.29, 0.717) is 0 Å². The topological polar surface area (TPSA) is 231 Å². The van der Waals surface area contributed by atoms with Gasteiger partial charge in [-0.1, -0.05) is 27.7 Å². The van der Waals surface area contributed by atoms with Crippen LogP contribution in [0, 0.1) is 11.8 Å². The lowest BCUT2D eigenvalue weighted by atomic mass is 9.96. The van der Waals surface area contributed by atoms with Gasteiger partial charge in [-0.05, 0) is 59.3 Å². The predicted octanol–water partition coefficient (Wildman–Crippen LogP) is 2.46. The van der Waals surface area contributed by atoms with E-state index >= 15 is 0 Å². The number of nitrogens with one attached hydrogen (secondary N) is 2. The van der Waals surface area contributed by atoms with Crippen LogP contribution in [-0.4, -0.2) is 97.5 Å². The Hall–Kier alpha value is -2.92. The highest BCUT2D eigenvalue weighted by atomic mass is 31.2. The number of nitrogen functional groups attached to an aromatic ring is 1. The average Bonchev–Trinajstić information content (AvgIpc) is 3.46. The highest BCUT2D eigenvalue weighted by Gasteiger charge is 2.54. The highest BCUT2D eigenvalue weighted by molar-refractivity contribution is 7.54. The first-order valence-corrected chi connectivity index (χ1v) is 17.7. The smallest absolute Gasteiger partial charge is 0.342 e. The minimum Gasteiger partial charge on any atom is -0.479 e. The number of aromatic nitrogens is 4.